The molecule has 1 aromatic heterocycles. The standard InChI is InChI=1S/C13H23N3OS/c1-16(2)6-3-7-17-9-12-10-18-13(15-12)8-14-11-4-5-11/h10-11,14H,3-9H2,1-2H3. The van der Waals surface area contributed by atoms with Gasteiger partial charge in [-0.1, -0.05) is 0 Å². The van der Waals surface area contributed by atoms with E-state index in [0.29, 0.717) is 6.61 Å². The molecular weight excluding hydrogens is 246 g/mol. The topological polar surface area (TPSA) is 37.4 Å². The van der Waals surface area contributed by atoms with Crippen molar-refractivity contribution in [3.8, 4) is 0 Å². The highest BCUT2D eigenvalue weighted by molar-refractivity contribution is 7.09. The highest BCUT2D eigenvalue weighted by Crippen LogP contribution is 2.20. The molecule has 4 nitrogen and oxygen atoms in total. The minimum atomic E-state index is 0.646. The molecule has 0 atom stereocenters. The van der Waals surface area contributed by atoms with Crippen molar-refractivity contribution in [2.75, 3.05) is 27.2 Å². The normalized spacial score (nSPS) is 15.5. The van der Waals surface area contributed by atoms with Gasteiger partial charge in [0, 0.05) is 24.6 Å². The predicted octanol–water partition coefficient (Wildman–Crippen LogP) is 1.86. The van der Waals surface area contributed by atoms with Crippen molar-refractivity contribution in [1.29, 1.82) is 0 Å². The Kier molecular flexibility index (Phi) is 5.56. The van der Waals surface area contributed by atoms with E-state index >= 15 is 0 Å². The third-order valence-electron chi connectivity index (χ3n) is 2.86. The molecule has 0 saturated heterocycles. The Balaban J connectivity index is 1.57. The van der Waals surface area contributed by atoms with Gasteiger partial charge in [-0.15, -0.1) is 11.3 Å². The van der Waals surface area contributed by atoms with Crippen molar-refractivity contribution in [2.24, 2.45) is 0 Å². The van der Waals surface area contributed by atoms with Crippen LogP contribution in [0.3, 0.4) is 0 Å². The molecular formula is C13H23N3OS. The molecule has 1 aliphatic rings. The number of hydrogen-bond donors (Lipinski definition) is 1. The SMILES string of the molecule is CN(C)CCCOCc1csc(CNC2CC2)n1. The minimum Gasteiger partial charge on any atom is -0.375 e. The van der Waals surface area contributed by atoms with Crippen LogP contribution in [0.15, 0.2) is 5.38 Å². The first-order chi connectivity index (χ1) is 8.74. The van der Waals surface area contributed by atoms with Gasteiger partial charge in [0.2, 0.25) is 0 Å². The quantitative estimate of drug-likeness (QED) is 0.694. The van der Waals surface area contributed by atoms with Crippen LogP contribution < -0.4 is 5.32 Å². The van der Waals surface area contributed by atoms with Gasteiger partial charge in [-0.05, 0) is 39.9 Å². The van der Waals surface area contributed by atoms with Gasteiger partial charge in [0.1, 0.15) is 5.01 Å². The van der Waals surface area contributed by atoms with Gasteiger partial charge in [0.15, 0.2) is 0 Å². The van der Waals surface area contributed by atoms with Crippen LogP contribution in [0.25, 0.3) is 0 Å². The zero-order valence-corrected chi connectivity index (χ0v) is 12.1. The third kappa shape index (κ3) is 5.44. The van der Waals surface area contributed by atoms with Crippen molar-refractivity contribution in [1.82, 2.24) is 15.2 Å². The molecule has 1 N–H and O–H groups in total. The molecule has 0 bridgehead atoms. The lowest BCUT2D eigenvalue weighted by Gasteiger charge is -2.08. The molecule has 1 saturated carbocycles. The summed E-state index contributed by atoms with van der Waals surface area (Å²) < 4.78 is 5.62. The molecule has 18 heavy (non-hydrogen) atoms. The second-order valence-electron chi connectivity index (χ2n) is 5.10. The van der Waals surface area contributed by atoms with Crippen LogP contribution in [0, 0.1) is 0 Å². The molecule has 2 rings (SSSR count). The lowest BCUT2D eigenvalue weighted by atomic mass is 10.4. The van der Waals surface area contributed by atoms with Crippen LogP contribution in [0.1, 0.15) is 30.0 Å². The number of thiazole rings is 1. The Bertz CT molecular complexity index is 350. The molecule has 0 unspecified atom stereocenters. The largest absolute Gasteiger partial charge is 0.375 e. The van der Waals surface area contributed by atoms with E-state index < -0.39 is 0 Å². The summed E-state index contributed by atoms with van der Waals surface area (Å²) in [5, 5.41) is 6.76. The molecule has 1 fully saturated rings. The minimum absolute atomic E-state index is 0.646. The van der Waals surface area contributed by atoms with E-state index in [-0.39, 0.29) is 0 Å². The second-order valence-corrected chi connectivity index (χ2v) is 6.04. The summed E-state index contributed by atoms with van der Waals surface area (Å²) in [6, 6.07) is 0.750. The summed E-state index contributed by atoms with van der Waals surface area (Å²) >= 11 is 1.73. The van der Waals surface area contributed by atoms with Crippen LogP contribution in [-0.4, -0.2) is 43.2 Å². The van der Waals surface area contributed by atoms with Crippen LogP contribution in [-0.2, 0) is 17.9 Å². The van der Waals surface area contributed by atoms with Gasteiger partial charge in [0.25, 0.3) is 0 Å². The number of hydrogen-bond acceptors (Lipinski definition) is 5. The fraction of sp³-hybridized carbons (Fsp3) is 0.769. The fourth-order valence-corrected chi connectivity index (χ4v) is 2.40. The van der Waals surface area contributed by atoms with E-state index in [1.807, 2.05) is 0 Å². The summed E-state index contributed by atoms with van der Waals surface area (Å²) in [5.41, 5.74) is 1.07. The second kappa shape index (κ2) is 7.19. The van der Waals surface area contributed by atoms with Crippen molar-refractivity contribution < 1.29 is 4.74 Å². The molecule has 1 heterocycles. The van der Waals surface area contributed by atoms with E-state index in [2.05, 4.69) is 34.7 Å². The Morgan fingerprint density at radius 1 is 1.50 bits per heavy atom. The molecule has 5 heteroatoms. The summed E-state index contributed by atoms with van der Waals surface area (Å²) in [7, 11) is 4.17. The third-order valence-corrected chi connectivity index (χ3v) is 3.76. The monoisotopic (exact) mass is 269 g/mol. The Labute approximate surface area is 113 Å². The molecule has 0 aliphatic heterocycles. The highest BCUT2D eigenvalue weighted by Gasteiger charge is 2.20. The van der Waals surface area contributed by atoms with Crippen LogP contribution in [0.5, 0.6) is 0 Å². The number of nitrogens with zero attached hydrogens (tertiary/aromatic N) is 2. The van der Waals surface area contributed by atoms with Crippen LogP contribution in [0.4, 0.5) is 0 Å². The summed E-state index contributed by atoms with van der Waals surface area (Å²) in [4.78, 5) is 6.74. The zero-order valence-electron chi connectivity index (χ0n) is 11.3. The smallest absolute Gasteiger partial charge is 0.107 e. The van der Waals surface area contributed by atoms with Gasteiger partial charge in [-0.2, -0.15) is 0 Å². The maximum absolute atomic E-state index is 5.62. The van der Waals surface area contributed by atoms with Crippen molar-refractivity contribution in [2.45, 2.75) is 38.5 Å². The molecule has 1 aliphatic carbocycles. The van der Waals surface area contributed by atoms with Gasteiger partial charge in [-0.25, -0.2) is 4.98 Å². The van der Waals surface area contributed by atoms with Crippen molar-refractivity contribution in [3.05, 3.63) is 16.1 Å². The van der Waals surface area contributed by atoms with Gasteiger partial charge >= 0.3 is 0 Å². The van der Waals surface area contributed by atoms with Crippen LogP contribution >= 0.6 is 11.3 Å². The lowest BCUT2D eigenvalue weighted by Crippen LogP contribution is -2.15. The molecule has 0 amide bonds. The summed E-state index contributed by atoms with van der Waals surface area (Å²) in [6.45, 7) is 3.45. The average molecular weight is 269 g/mol. The number of nitrogens with one attached hydrogen (secondary N) is 1. The Morgan fingerprint density at radius 2 is 2.33 bits per heavy atom. The highest BCUT2D eigenvalue weighted by atomic mass is 32.1. The average Bonchev–Trinajstić information content (AvgIpc) is 3.06. The Hall–Kier alpha value is -0.490. The molecule has 0 radical (unpaired) electrons. The number of ether oxygens (including phenoxy) is 1. The molecule has 1 aromatic rings. The van der Waals surface area contributed by atoms with E-state index in [1.54, 1.807) is 11.3 Å². The Morgan fingerprint density at radius 3 is 3.06 bits per heavy atom. The van der Waals surface area contributed by atoms with Gasteiger partial charge < -0.3 is 15.0 Å². The van der Waals surface area contributed by atoms with Crippen molar-refractivity contribution >= 4 is 11.3 Å². The fourth-order valence-electron chi connectivity index (χ4n) is 1.68. The zero-order chi connectivity index (χ0) is 12.8. The molecule has 0 aromatic carbocycles. The first-order valence-electron chi connectivity index (χ1n) is 6.63. The first kappa shape index (κ1) is 13.9. The molecule has 102 valence electrons. The number of aromatic nitrogens is 1. The number of rotatable bonds is 9. The molecule has 0 spiro atoms. The first-order valence-corrected chi connectivity index (χ1v) is 7.51. The van der Waals surface area contributed by atoms with E-state index in [1.165, 1.54) is 17.8 Å². The van der Waals surface area contributed by atoms with E-state index in [9.17, 15) is 0 Å². The van der Waals surface area contributed by atoms with E-state index in [0.717, 1.165) is 37.9 Å². The van der Waals surface area contributed by atoms with Gasteiger partial charge in [-0.3, -0.25) is 0 Å². The summed E-state index contributed by atoms with van der Waals surface area (Å²) in [5.74, 6) is 0. The lowest BCUT2D eigenvalue weighted by molar-refractivity contribution is 0.111. The van der Waals surface area contributed by atoms with E-state index in [4.69, 9.17) is 4.74 Å². The maximum atomic E-state index is 5.62. The van der Waals surface area contributed by atoms with Gasteiger partial charge in [0.05, 0.1) is 12.3 Å². The maximum Gasteiger partial charge on any atom is 0.107 e. The summed E-state index contributed by atoms with van der Waals surface area (Å²) in [6.07, 6.45) is 3.73. The van der Waals surface area contributed by atoms with Crippen LogP contribution in [0.2, 0.25) is 0 Å². The van der Waals surface area contributed by atoms with Crippen molar-refractivity contribution in [3.63, 3.8) is 0 Å². The predicted molar refractivity (Wildman–Crippen MR) is 74.8 cm³/mol.